The van der Waals surface area contributed by atoms with Gasteiger partial charge >= 0.3 is 0 Å². The molecule has 0 aliphatic carbocycles. The Balaban J connectivity index is 2.22. The first kappa shape index (κ1) is 16.6. The van der Waals surface area contributed by atoms with E-state index in [1.165, 1.54) is 5.56 Å². The highest BCUT2D eigenvalue weighted by atomic mass is 16.5. The lowest BCUT2D eigenvalue weighted by molar-refractivity contribution is 0.344. The van der Waals surface area contributed by atoms with E-state index in [0.29, 0.717) is 19.0 Å². The molecule has 23 heavy (non-hydrogen) atoms. The minimum absolute atomic E-state index is 0.427. The molecule has 0 N–H and O–H groups in total. The van der Waals surface area contributed by atoms with Crippen molar-refractivity contribution in [1.82, 2.24) is 0 Å². The van der Waals surface area contributed by atoms with Crippen molar-refractivity contribution in [3.8, 4) is 11.5 Å². The van der Waals surface area contributed by atoms with Gasteiger partial charge in [-0.2, -0.15) is 0 Å². The smallest absolute Gasteiger partial charge is 0.132 e. The number of hydrogen-bond donors (Lipinski definition) is 0. The van der Waals surface area contributed by atoms with E-state index in [1.807, 2.05) is 42.5 Å². The van der Waals surface area contributed by atoms with Crippen LogP contribution in [0.25, 0.3) is 0 Å². The predicted octanol–water partition coefficient (Wildman–Crippen LogP) is 4.88. The number of nitrogens with zero attached hydrogens (tertiary/aromatic N) is 1. The van der Waals surface area contributed by atoms with Crippen LogP contribution in [0.2, 0.25) is 0 Å². The number of ether oxygens (including phenoxy) is 2. The lowest BCUT2D eigenvalue weighted by atomic mass is 10.2. The standard InChI is InChI=1S/C20H21NO2/c1-4-12-22-19-11-8-17(20(14-19)23-13-5-2)15-21-18-9-6-16(3)7-10-18/h4-11,14-15H,1-2,12-13H2,3H3. The highest BCUT2D eigenvalue weighted by Gasteiger charge is 2.04. The van der Waals surface area contributed by atoms with Gasteiger partial charge in [0.1, 0.15) is 24.7 Å². The summed E-state index contributed by atoms with van der Waals surface area (Å²) in [4.78, 5) is 4.49. The van der Waals surface area contributed by atoms with Gasteiger partial charge in [-0.1, -0.05) is 43.0 Å². The molecule has 2 aromatic carbocycles. The zero-order chi connectivity index (χ0) is 16.5. The van der Waals surface area contributed by atoms with E-state index in [2.05, 4.69) is 25.1 Å². The Morgan fingerprint density at radius 2 is 1.65 bits per heavy atom. The van der Waals surface area contributed by atoms with Crippen molar-refractivity contribution >= 4 is 11.9 Å². The third-order valence-corrected chi connectivity index (χ3v) is 3.10. The number of aryl methyl sites for hydroxylation is 1. The molecule has 3 nitrogen and oxygen atoms in total. The Kier molecular flexibility index (Phi) is 6.18. The maximum absolute atomic E-state index is 5.70. The number of aliphatic imine (C=N–C) groups is 1. The molecule has 0 radical (unpaired) electrons. The van der Waals surface area contributed by atoms with Crippen LogP contribution in [0.3, 0.4) is 0 Å². The highest BCUT2D eigenvalue weighted by Crippen LogP contribution is 2.25. The predicted molar refractivity (Wildman–Crippen MR) is 96.3 cm³/mol. The number of hydrogen-bond acceptors (Lipinski definition) is 3. The van der Waals surface area contributed by atoms with E-state index >= 15 is 0 Å². The molecule has 0 saturated carbocycles. The fraction of sp³-hybridized carbons (Fsp3) is 0.150. The van der Waals surface area contributed by atoms with Gasteiger partial charge in [0.05, 0.1) is 5.69 Å². The fourth-order valence-electron chi connectivity index (χ4n) is 1.91. The van der Waals surface area contributed by atoms with E-state index in [1.54, 1.807) is 18.4 Å². The average Bonchev–Trinajstić information content (AvgIpc) is 2.58. The third-order valence-electron chi connectivity index (χ3n) is 3.10. The minimum Gasteiger partial charge on any atom is -0.489 e. The normalized spacial score (nSPS) is 10.5. The second kappa shape index (κ2) is 8.59. The van der Waals surface area contributed by atoms with Gasteiger partial charge in [0, 0.05) is 17.8 Å². The lowest BCUT2D eigenvalue weighted by Gasteiger charge is -2.10. The molecule has 0 heterocycles. The molecule has 2 rings (SSSR count). The summed E-state index contributed by atoms with van der Waals surface area (Å²) < 4.78 is 11.2. The van der Waals surface area contributed by atoms with Crippen LogP contribution in [0.5, 0.6) is 11.5 Å². The molecule has 0 saturated heterocycles. The van der Waals surface area contributed by atoms with Crippen LogP contribution in [0.15, 0.2) is 72.8 Å². The molecule has 0 aliphatic rings. The van der Waals surface area contributed by atoms with Crippen LogP contribution in [-0.4, -0.2) is 19.4 Å². The van der Waals surface area contributed by atoms with Crippen LogP contribution in [0, 0.1) is 6.92 Å². The third kappa shape index (κ3) is 5.15. The van der Waals surface area contributed by atoms with Crippen molar-refractivity contribution in [2.24, 2.45) is 4.99 Å². The Labute approximate surface area is 137 Å². The molecule has 0 unspecified atom stereocenters. The SMILES string of the molecule is C=CCOc1ccc(C=Nc2ccc(C)cc2)c(OCC=C)c1. The summed E-state index contributed by atoms with van der Waals surface area (Å²) in [6.07, 6.45) is 5.20. The topological polar surface area (TPSA) is 30.8 Å². The van der Waals surface area contributed by atoms with Crippen LogP contribution in [-0.2, 0) is 0 Å². The Hall–Kier alpha value is -2.81. The first-order valence-corrected chi connectivity index (χ1v) is 7.45. The maximum Gasteiger partial charge on any atom is 0.132 e. The van der Waals surface area contributed by atoms with Crippen LogP contribution in [0.1, 0.15) is 11.1 Å². The van der Waals surface area contributed by atoms with Crippen LogP contribution >= 0.6 is 0 Å². The molecule has 3 heteroatoms. The Morgan fingerprint density at radius 1 is 0.957 bits per heavy atom. The Bertz CT molecular complexity index is 687. The summed E-state index contributed by atoms with van der Waals surface area (Å²) in [5.41, 5.74) is 3.00. The van der Waals surface area contributed by atoms with Crippen molar-refractivity contribution in [1.29, 1.82) is 0 Å². The molecule has 0 atom stereocenters. The van der Waals surface area contributed by atoms with E-state index in [4.69, 9.17) is 9.47 Å². The second-order valence-electron chi connectivity index (χ2n) is 4.99. The fourth-order valence-corrected chi connectivity index (χ4v) is 1.91. The lowest BCUT2D eigenvalue weighted by Crippen LogP contribution is -1.99. The summed E-state index contributed by atoms with van der Waals surface area (Å²) in [6, 6.07) is 13.7. The van der Waals surface area contributed by atoms with Crippen molar-refractivity contribution in [3.63, 3.8) is 0 Å². The molecular formula is C20H21NO2. The van der Waals surface area contributed by atoms with Gasteiger partial charge in [-0.05, 0) is 31.2 Å². The summed E-state index contributed by atoms with van der Waals surface area (Å²) in [5, 5.41) is 0. The minimum atomic E-state index is 0.427. The highest BCUT2D eigenvalue weighted by molar-refractivity contribution is 5.85. The largest absolute Gasteiger partial charge is 0.489 e. The molecule has 2 aromatic rings. The van der Waals surface area contributed by atoms with Crippen molar-refractivity contribution in [2.75, 3.05) is 13.2 Å². The van der Waals surface area contributed by atoms with Gasteiger partial charge in [0.15, 0.2) is 0 Å². The van der Waals surface area contributed by atoms with Gasteiger partial charge < -0.3 is 9.47 Å². The zero-order valence-corrected chi connectivity index (χ0v) is 13.4. The first-order chi connectivity index (χ1) is 11.2. The van der Waals surface area contributed by atoms with Gasteiger partial charge in [0.2, 0.25) is 0 Å². The summed E-state index contributed by atoms with van der Waals surface area (Å²) in [5.74, 6) is 1.44. The molecule has 0 amide bonds. The zero-order valence-electron chi connectivity index (χ0n) is 13.4. The molecule has 0 spiro atoms. The van der Waals surface area contributed by atoms with E-state index in [-0.39, 0.29) is 0 Å². The summed E-state index contributed by atoms with van der Waals surface area (Å²) in [6.45, 7) is 10.3. The summed E-state index contributed by atoms with van der Waals surface area (Å²) in [7, 11) is 0. The number of rotatable bonds is 8. The van der Waals surface area contributed by atoms with Gasteiger partial charge in [0.25, 0.3) is 0 Å². The molecule has 0 fully saturated rings. The average molecular weight is 307 g/mol. The van der Waals surface area contributed by atoms with Gasteiger partial charge in [-0.15, -0.1) is 0 Å². The monoisotopic (exact) mass is 307 g/mol. The van der Waals surface area contributed by atoms with Crippen LogP contribution in [0.4, 0.5) is 5.69 Å². The molecule has 0 bridgehead atoms. The van der Waals surface area contributed by atoms with Gasteiger partial charge in [-0.3, -0.25) is 4.99 Å². The molecular weight excluding hydrogens is 286 g/mol. The summed E-state index contributed by atoms with van der Waals surface area (Å²) >= 11 is 0. The molecule has 118 valence electrons. The van der Waals surface area contributed by atoms with E-state index in [9.17, 15) is 0 Å². The van der Waals surface area contributed by atoms with E-state index in [0.717, 1.165) is 17.0 Å². The first-order valence-electron chi connectivity index (χ1n) is 7.45. The van der Waals surface area contributed by atoms with Crippen molar-refractivity contribution in [3.05, 3.63) is 78.9 Å². The van der Waals surface area contributed by atoms with Gasteiger partial charge in [-0.25, -0.2) is 0 Å². The maximum atomic E-state index is 5.70. The molecule has 0 aromatic heterocycles. The number of benzene rings is 2. The Morgan fingerprint density at radius 3 is 2.35 bits per heavy atom. The van der Waals surface area contributed by atoms with Crippen molar-refractivity contribution < 1.29 is 9.47 Å². The van der Waals surface area contributed by atoms with Crippen LogP contribution < -0.4 is 9.47 Å². The quantitative estimate of drug-likeness (QED) is 0.514. The van der Waals surface area contributed by atoms with E-state index < -0.39 is 0 Å². The molecule has 0 aliphatic heterocycles. The van der Waals surface area contributed by atoms with Crippen molar-refractivity contribution in [2.45, 2.75) is 6.92 Å². The second-order valence-corrected chi connectivity index (χ2v) is 4.99.